The summed E-state index contributed by atoms with van der Waals surface area (Å²) >= 11 is 0. The second-order valence-corrected chi connectivity index (χ2v) is 5.68. The number of aliphatic carboxylic acids is 1. The van der Waals surface area contributed by atoms with Crippen LogP contribution in [0.25, 0.3) is 0 Å². The zero-order valence-corrected chi connectivity index (χ0v) is 14.5. The summed E-state index contributed by atoms with van der Waals surface area (Å²) in [6.07, 6.45) is 0.127. The molecule has 0 bridgehead atoms. The van der Waals surface area contributed by atoms with E-state index in [-0.39, 0.29) is 12.3 Å². The molecule has 0 aromatic heterocycles. The van der Waals surface area contributed by atoms with Crippen molar-refractivity contribution < 1.29 is 24.2 Å². The van der Waals surface area contributed by atoms with Crippen molar-refractivity contribution in [3.05, 3.63) is 59.7 Å². The quantitative estimate of drug-likeness (QED) is 0.704. The molecule has 0 saturated carbocycles. The zero-order chi connectivity index (χ0) is 19.1. The minimum Gasteiger partial charge on any atom is -0.497 e. The van der Waals surface area contributed by atoms with Crippen molar-refractivity contribution in [2.45, 2.75) is 19.4 Å². The van der Waals surface area contributed by atoms with Crippen LogP contribution in [0.2, 0.25) is 0 Å². The number of anilines is 1. The van der Waals surface area contributed by atoms with Crippen LogP contribution >= 0.6 is 0 Å². The molecule has 0 spiro atoms. The van der Waals surface area contributed by atoms with Gasteiger partial charge in [-0.2, -0.15) is 0 Å². The van der Waals surface area contributed by atoms with Gasteiger partial charge in [0.15, 0.2) is 0 Å². The molecule has 3 N–H and O–H groups in total. The van der Waals surface area contributed by atoms with Gasteiger partial charge < -0.3 is 20.5 Å². The van der Waals surface area contributed by atoms with Crippen LogP contribution in [0.3, 0.4) is 0 Å². The first kappa shape index (κ1) is 19.0. The molecule has 136 valence electrons. The van der Waals surface area contributed by atoms with Crippen LogP contribution in [0.5, 0.6) is 5.75 Å². The van der Waals surface area contributed by atoms with E-state index in [0.717, 1.165) is 5.56 Å². The van der Waals surface area contributed by atoms with E-state index in [0.29, 0.717) is 17.0 Å². The average Bonchev–Trinajstić information content (AvgIpc) is 2.61. The lowest BCUT2D eigenvalue weighted by molar-refractivity contribution is -0.139. The predicted octanol–water partition coefficient (Wildman–Crippen LogP) is 2.08. The van der Waals surface area contributed by atoms with Crippen molar-refractivity contribution in [3.63, 3.8) is 0 Å². The maximum Gasteiger partial charge on any atom is 0.326 e. The van der Waals surface area contributed by atoms with E-state index in [1.165, 1.54) is 26.2 Å². The number of rotatable bonds is 7. The van der Waals surface area contributed by atoms with Gasteiger partial charge in [0.1, 0.15) is 11.8 Å². The van der Waals surface area contributed by atoms with E-state index in [2.05, 4.69) is 10.6 Å². The molecule has 0 unspecified atom stereocenters. The van der Waals surface area contributed by atoms with E-state index in [1.54, 1.807) is 36.4 Å². The lowest BCUT2D eigenvalue weighted by Gasteiger charge is -2.15. The molecule has 0 aliphatic heterocycles. The van der Waals surface area contributed by atoms with Crippen molar-refractivity contribution in [1.82, 2.24) is 5.32 Å². The molecule has 7 heteroatoms. The summed E-state index contributed by atoms with van der Waals surface area (Å²) in [5, 5.41) is 14.5. The Morgan fingerprint density at radius 1 is 1.12 bits per heavy atom. The Labute approximate surface area is 151 Å². The molecular formula is C19H20N2O5. The van der Waals surface area contributed by atoms with Gasteiger partial charge in [0.2, 0.25) is 5.91 Å². The summed E-state index contributed by atoms with van der Waals surface area (Å²) in [6.45, 7) is 1.39. The molecule has 0 heterocycles. The Kier molecular flexibility index (Phi) is 6.32. The maximum absolute atomic E-state index is 12.3. The number of ether oxygens (including phenoxy) is 1. The van der Waals surface area contributed by atoms with Crippen molar-refractivity contribution in [2.75, 3.05) is 12.4 Å². The zero-order valence-electron chi connectivity index (χ0n) is 14.5. The standard InChI is InChI=1S/C19H20N2O5/c1-12(22)20-15-8-6-14(7-9-15)18(23)21-17(19(24)25)11-13-4-3-5-16(10-13)26-2/h3-10,17H,11H2,1-2H3,(H,20,22)(H,21,23)(H,24,25)/t17-/m1/s1. The molecule has 2 aromatic rings. The van der Waals surface area contributed by atoms with Crippen LogP contribution in [0.1, 0.15) is 22.8 Å². The highest BCUT2D eigenvalue weighted by molar-refractivity contribution is 5.97. The van der Waals surface area contributed by atoms with E-state index in [4.69, 9.17) is 4.74 Å². The van der Waals surface area contributed by atoms with Crippen molar-refractivity contribution in [1.29, 1.82) is 0 Å². The third-order valence-corrected chi connectivity index (χ3v) is 3.64. The first-order valence-corrected chi connectivity index (χ1v) is 7.93. The normalized spacial score (nSPS) is 11.3. The van der Waals surface area contributed by atoms with Crippen LogP contribution < -0.4 is 15.4 Å². The number of methoxy groups -OCH3 is 1. The van der Waals surface area contributed by atoms with Gasteiger partial charge in [-0.05, 0) is 42.0 Å². The lowest BCUT2D eigenvalue weighted by Crippen LogP contribution is -2.42. The van der Waals surface area contributed by atoms with Crippen molar-refractivity contribution in [2.24, 2.45) is 0 Å². The topological polar surface area (TPSA) is 105 Å². The number of benzene rings is 2. The third kappa shape index (κ3) is 5.34. The van der Waals surface area contributed by atoms with Gasteiger partial charge in [-0.1, -0.05) is 12.1 Å². The van der Waals surface area contributed by atoms with Crippen molar-refractivity contribution in [3.8, 4) is 5.75 Å². The van der Waals surface area contributed by atoms with E-state index in [9.17, 15) is 19.5 Å². The van der Waals surface area contributed by atoms with Crippen molar-refractivity contribution >= 4 is 23.5 Å². The molecule has 0 saturated heterocycles. The third-order valence-electron chi connectivity index (χ3n) is 3.64. The van der Waals surface area contributed by atoms with Crippen LogP contribution in [0.15, 0.2) is 48.5 Å². The Bertz CT molecular complexity index is 802. The fraction of sp³-hybridized carbons (Fsp3) is 0.211. The smallest absolute Gasteiger partial charge is 0.326 e. The highest BCUT2D eigenvalue weighted by Crippen LogP contribution is 2.15. The summed E-state index contributed by atoms with van der Waals surface area (Å²) in [7, 11) is 1.53. The molecule has 2 amide bonds. The van der Waals surface area contributed by atoms with Crippen LogP contribution in [-0.4, -0.2) is 36.0 Å². The molecule has 2 rings (SSSR count). The van der Waals surface area contributed by atoms with Gasteiger partial charge in [0.25, 0.3) is 5.91 Å². The summed E-state index contributed by atoms with van der Waals surface area (Å²) < 4.78 is 5.12. The highest BCUT2D eigenvalue weighted by Gasteiger charge is 2.21. The molecule has 2 aromatic carbocycles. The number of carbonyl (C=O) groups excluding carboxylic acids is 2. The molecule has 0 aliphatic carbocycles. The predicted molar refractivity (Wildman–Crippen MR) is 96.3 cm³/mol. The van der Waals surface area contributed by atoms with Crippen LogP contribution in [0.4, 0.5) is 5.69 Å². The minimum atomic E-state index is -1.13. The second kappa shape index (κ2) is 8.66. The van der Waals surface area contributed by atoms with Gasteiger partial charge in [0.05, 0.1) is 7.11 Å². The maximum atomic E-state index is 12.3. The Morgan fingerprint density at radius 3 is 2.38 bits per heavy atom. The minimum absolute atomic E-state index is 0.127. The van der Waals surface area contributed by atoms with Gasteiger partial charge >= 0.3 is 5.97 Å². The summed E-state index contributed by atoms with van der Waals surface area (Å²) in [6, 6.07) is 12.1. The average molecular weight is 356 g/mol. The molecular weight excluding hydrogens is 336 g/mol. The fourth-order valence-corrected chi connectivity index (χ4v) is 2.38. The summed E-state index contributed by atoms with van der Waals surface area (Å²) in [5.74, 6) is -1.23. The number of amides is 2. The SMILES string of the molecule is COc1cccc(C[C@@H](NC(=O)c2ccc(NC(C)=O)cc2)C(=O)O)c1. The van der Waals surface area contributed by atoms with E-state index in [1.807, 2.05) is 0 Å². The molecule has 1 atom stereocenters. The van der Waals surface area contributed by atoms with Gasteiger partial charge in [-0.25, -0.2) is 4.79 Å². The number of nitrogens with one attached hydrogen (secondary N) is 2. The summed E-state index contributed by atoms with van der Waals surface area (Å²) in [4.78, 5) is 34.8. The van der Waals surface area contributed by atoms with Gasteiger partial charge in [-0.3, -0.25) is 9.59 Å². The Balaban J connectivity index is 2.07. The first-order chi connectivity index (χ1) is 12.4. The molecule has 0 radical (unpaired) electrons. The van der Waals surface area contributed by atoms with E-state index >= 15 is 0 Å². The number of carboxylic acids is 1. The largest absolute Gasteiger partial charge is 0.497 e. The monoisotopic (exact) mass is 356 g/mol. The molecule has 0 fully saturated rings. The van der Waals surface area contributed by atoms with Gasteiger partial charge in [0, 0.05) is 24.6 Å². The number of carboxylic acid groups (broad SMARTS) is 1. The second-order valence-electron chi connectivity index (χ2n) is 5.68. The van der Waals surface area contributed by atoms with Crippen LogP contribution in [0, 0.1) is 0 Å². The van der Waals surface area contributed by atoms with E-state index < -0.39 is 17.9 Å². The Morgan fingerprint density at radius 2 is 1.81 bits per heavy atom. The molecule has 26 heavy (non-hydrogen) atoms. The Hall–Kier alpha value is -3.35. The number of carbonyl (C=O) groups is 3. The molecule has 0 aliphatic rings. The van der Waals surface area contributed by atoms with Crippen LogP contribution in [-0.2, 0) is 16.0 Å². The lowest BCUT2D eigenvalue weighted by atomic mass is 10.0. The number of hydrogen-bond acceptors (Lipinski definition) is 4. The van der Waals surface area contributed by atoms with Gasteiger partial charge in [-0.15, -0.1) is 0 Å². The molecule has 7 nitrogen and oxygen atoms in total. The highest BCUT2D eigenvalue weighted by atomic mass is 16.5. The fourth-order valence-electron chi connectivity index (χ4n) is 2.38. The number of hydrogen-bond donors (Lipinski definition) is 3. The summed E-state index contributed by atoms with van der Waals surface area (Å²) in [5.41, 5.74) is 1.59. The first-order valence-electron chi connectivity index (χ1n) is 7.93.